The normalized spacial score (nSPS) is 22.4. The number of aryl methyl sites for hydroxylation is 2. The van der Waals surface area contributed by atoms with Crippen molar-refractivity contribution < 1.29 is 4.79 Å². The summed E-state index contributed by atoms with van der Waals surface area (Å²) in [5, 5.41) is 3.35. The molecule has 3 heteroatoms. The van der Waals surface area contributed by atoms with Crippen LogP contribution in [0.1, 0.15) is 36.8 Å². The first-order valence-electron chi connectivity index (χ1n) is 7.10. The average Bonchev–Trinajstić information content (AvgIpc) is 2.81. The molecule has 1 N–H and O–H groups in total. The van der Waals surface area contributed by atoms with Crippen LogP contribution in [0.25, 0.3) is 0 Å². The minimum Gasteiger partial charge on any atom is -0.356 e. The number of carbonyl (C=O) groups is 1. The molecule has 2 atom stereocenters. The van der Waals surface area contributed by atoms with Crippen molar-refractivity contribution in [1.82, 2.24) is 5.32 Å². The Morgan fingerprint density at radius 2 is 2.16 bits per heavy atom. The Hall–Kier alpha value is -1.02. The number of halogens is 1. The number of hydrogen-bond acceptors (Lipinski definition) is 1. The maximum absolute atomic E-state index is 11.8. The third-order valence-corrected chi connectivity index (χ3v) is 4.34. The van der Waals surface area contributed by atoms with E-state index in [1.165, 1.54) is 11.1 Å². The lowest BCUT2D eigenvalue weighted by Crippen LogP contribution is -2.28. The number of carbonyl (C=O) groups excluding carboxylic acids is 1. The van der Waals surface area contributed by atoms with Crippen molar-refractivity contribution in [3.8, 4) is 0 Å². The second-order valence-electron chi connectivity index (χ2n) is 5.51. The first kappa shape index (κ1) is 14.4. The maximum atomic E-state index is 11.8. The van der Waals surface area contributed by atoms with Gasteiger partial charge in [0.2, 0.25) is 5.91 Å². The van der Waals surface area contributed by atoms with Gasteiger partial charge in [0, 0.05) is 18.3 Å². The Kier molecular flexibility index (Phi) is 5.26. The first-order valence-corrected chi connectivity index (χ1v) is 7.54. The van der Waals surface area contributed by atoms with Crippen LogP contribution < -0.4 is 5.32 Å². The predicted octanol–water partition coefficient (Wildman–Crippen LogP) is 3.45. The largest absolute Gasteiger partial charge is 0.356 e. The lowest BCUT2D eigenvalue weighted by atomic mass is 10.0. The summed E-state index contributed by atoms with van der Waals surface area (Å²) in [7, 11) is 0. The van der Waals surface area contributed by atoms with Gasteiger partial charge in [-0.1, -0.05) is 24.3 Å². The highest BCUT2D eigenvalue weighted by Gasteiger charge is 2.22. The molecular weight excluding hydrogens is 258 g/mol. The summed E-state index contributed by atoms with van der Waals surface area (Å²) < 4.78 is 0. The molecule has 2 nitrogen and oxygen atoms in total. The van der Waals surface area contributed by atoms with E-state index >= 15 is 0 Å². The molecule has 1 saturated carbocycles. The van der Waals surface area contributed by atoms with Gasteiger partial charge in [0.25, 0.3) is 0 Å². The minimum absolute atomic E-state index is 0.154. The zero-order valence-electron chi connectivity index (χ0n) is 11.5. The van der Waals surface area contributed by atoms with Crippen LogP contribution in [-0.2, 0) is 11.2 Å². The molecule has 2 unspecified atom stereocenters. The minimum atomic E-state index is 0.154. The van der Waals surface area contributed by atoms with Crippen LogP contribution in [-0.4, -0.2) is 17.8 Å². The van der Waals surface area contributed by atoms with Crippen molar-refractivity contribution in [3.05, 3.63) is 35.4 Å². The molecule has 0 bridgehead atoms. The summed E-state index contributed by atoms with van der Waals surface area (Å²) in [4.78, 5) is 11.8. The lowest BCUT2D eigenvalue weighted by Gasteiger charge is -2.11. The van der Waals surface area contributed by atoms with Crippen LogP contribution in [0.15, 0.2) is 24.3 Å². The Morgan fingerprint density at radius 1 is 1.37 bits per heavy atom. The molecule has 0 heterocycles. The van der Waals surface area contributed by atoms with E-state index in [0.717, 1.165) is 32.2 Å². The smallest absolute Gasteiger partial charge is 0.220 e. The van der Waals surface area contributed by atoms with Gasteiger partial charge in [-0.05, 0) is 49.7 Å². The van der Waals surface area contributed by atoms with E-state index in [1.807, 2.05) is 12.1 Å². The molecule has 2 rings (SSSR count). The highest BCUT2D eigenvalue weighted by atomic mass is 35.5. The van der Waals surface area contributed by atoms with Crippen LogP contribution in [0.2, 0.25) is 0 Å². The summed E-state index contributed by atoms with van der Waals surface area (Å²) >= 11 is 6.07. The highest BCUT2D eigenvalue weighted by Crippen LogP contribution is 2.28. The first-order chi connectivity index (χ1) is 9.15. The monoisotopic (exact) mass is 279 g/mol. The van der Waals surface area contributed by atoms with E-state index in [0.29, 0.717) is 17.7 Å². The van der Waals surface area contributed by atoms with Crippen molar-refractivity contribution in [1.29, 1.82) is 0 Å². The molecule has 0 radical (unpaired) electrons. The summed E-state index contributed by atoms with van der Waals surface area (Å²) in [5.41, 5.74) is 2.52. The van der Waals surface area contributed by atoms with Crippen LogP contribution in [0.4, 0.5) is 0 Å². The third-order valence-electron chi connectivity index (χ3n) is 3.95. The molecule has 19 heavy (non-hydrogen) atoms. The molecule has 1 amide bonds. The molecule has 1 aliphatic carbocycles. The summed E-state index contributed by atoms with van der Waals surface area (Å²) in [5.74, 6) is 0.728. The zero-order chi connectivity index (χ0) is 13.7. The zero-order valence-corrected chi connectivity index (χ0v) is 12.2. The summed E-state index contributed by atoms with van der Waals surface area (Å²) in [6.07, 6.45) is 4.67. The Morgan fingerprint density at radius 3 is 2.84 bits per heavy atom. The molecule has 0 saturated heterocycles. The van der Waals surface area contributed by atoms with Crippen molar-refractivity contribution in [3.63, 3.8) is 0 Å². The third kappa shape index (κ3) is 4.54. The highest BCUT2D eigenvalue weighted by molar-refractivity contribution is 6.20. The fraction of sp³-hybridized carbons (Fsp3) is 0.562. The van der Waals surface area contributed by atoms with Gasteiger partial charge in [-0.25, -0.2) is 0 Å². The van der Waals surface area contributed by atoms with Gasteiger partial charge in [0.05, 0.1) is 0 Å². The van der Waals surface area contributed by atoms with E-state index in [1.54, 1.807) is 0 Å². The van der Waals surface area contributed by atoms with Crippen molar-refractivity contribution >= 4 is 17.5 Å². The predicted molar refractivity (Wildman–Crippen MR) is 79.5 cm³/mol. The Labute approximate surface area is 120 Å². The number of amides is 1. The van der Waals surface area contributed by atoms with E-state index in [-0.39, 0.29) is 5.91 Å². The molecule has 0 aliphatic heterocycles. The fourth-order valence-electron chi connectivity index (χ4n) is 2.68. The summed E-state index contributed by atoms with van der Waals surface area (Å²) in [6, 6.07) is 8.24. The number of alkyl halides is 1. The van der Waals surface area contributed by atoms with Gasteiger partial charge >= 0.3 is 0 Å². The van der Waals surface area contributed by atoms with E-state index in [4.69, 9.17) is 11.6 Å². The molecular formula is C16H22ClNO. The Balaban J connectivity index is 1.69. The second-order valence-corrected chi connectivity index (χ2v) is 6.12. The van der Waals surface area contributed by atoms with Gasteiger partial charge in [-0.2, -0.15) is 0 Å². The van der Waals surface area contributed by atoms with Crippen LogP contribution in [0, 0.1) is 12.8 Å². The molecule has 0 aromatic heterocycles. The van der Waals surface area contributed by atoms with Crippen LogP contribution in [0.5, 0.6) is 0 Å². The fourth-order valence-corrected chi connectivity index (χ4v) is 3.06. The molecule has 1 aliphatic rings. The molecule has 104 valence electrons. The number of hydrogen-bond donors (Lipinski definition) is 1. The van der Waals surface area contributed by atoms with Crippen LogP contribution >= 0.6 is 11.6 Å². The standard InChI is InChI=1S/C16H22ClNO/c1-12-4-2-3-5-14(12)7-9-16(19)18-11-13-6-8-15(17)10-13/h2-5,13,15H,6-11H2,1H3,(H,18,19). The van der Waals surface area contributed by atoms with Gasteiger partial charge in [-0.15, -0.1) is 11.6 Å². The topological polar surface area (TPSA) is 29.1 Å². The number of nitrogens with one attached hydrogen (secondary N) is 1. The molecule has 1 fully saturated rings. The second kappa shape index (κ2) is 6.95. The van der Waals surface area contributed by atoms with Crippen molar-refractivity contribution in [2.45, 2.75) is 44.4 Å². The van der Waals surface area contributed by atoms with E-state index in [2.05, 4.69) is 24.4 Å². The average molecular weight is 280 g/mol. The number of benzene rings is 1. The maximum Gasteiger partial charge on any atom is 0.220 e. The molecule has 0 spiro atoms. The lowest BCUT2D eigenvalue weighted by molar-refractivity contribution is -0.121. The SMILES string of the molecule is Cc1ccccc1CCC(=O)NCC1CCC(Cl)C1. The van der Waals surface area contributed by atoms with Gasteiger partial charge in [0.1, 0.15) is 0 Å². The summed E-state index contributed by atoms with van der Waals surface area (Å²) in [6.45, 7) is 2.88. The van der Waals surface area contributed by atoms with Crippen LogP contribution in [0.3, 0.4) is 0 Å². The van der Waals surface area contributed by atoms with Gasteiger partial charge in [0.15, 0.2) is 0 Å². The van der Waals surface area contributed by atoms with Crippen molar-refractivity contribution in [2.75, 3.05) is 6.54 Å². The van der Waals surface area contributed by atoms with E-state index < -0.39 is 0 Å². The van der Waals surface area contributed by atoms with Gasteiger partial charge in [-0.3, -0.25) is 4.79 Å². The van der Waals surface area contributed by atoms with Gasteiger partial charge < -0.3 is 5.32 Å². The molecule has 1 aromatic rings. The van der Waals surface area contributed by atoms with E-state index in [9.17, 15) is 4.79 Å². The quantitative estimate of drug-likeness (QED) is 0.822. The Bertz CT molecular complexity index is 433. The number of rotatable bonds is 5. The molecule has 1 aromatic carbocycles. The van der Waals surface area contributed by atoms with Crippen molar-refractivity contribution in [2.24, 2.45) is 5.92 Å².